The number of benzene rings is 2. The van der Waals surface area contributed by atoms with E-state index in [0.717, 1.165) is 52.8 Å². The van der Waals surface area contributed by atoms with E-state index in [0.29, 0.717) is 18.1 Å². The molecule has 0 aliphatic carbocycles. The van der Waals surface area contributed by atoms with Crippen molar-refractivity contribution in [1.82, 2.24) is 30.6 Å². The number of nitrogens with zero attached hydrogens (tertiary/aromatic N) is 4. The van der Waals surface area contributed by atoms with Gasteiger partial charge in [0.05, 0.1) is 5.69 Å². The first-order chi connectivity index (χ1) is 14.7. The third kappa shape index (κ3) is 4.20. The fourth-order valence-electron chi connectivity index (χ4n) is 3.64. The standard InChI is InChI=1S/C23H24N6O/c1-3-4-10-21-20(23(30)25-15(2)24-21)14-16-11-12-18(17-8-6-5-7-9-17)19(13-16)22-26-28-29-27-22/h5-9,11-13H,3-4,10,14H2,1-2H3,(H,24,25,30)(H,26,27,28,29). The Morgan fingerprint density at radius 2 is 1.87 bits per heavy atom. The van der Waals surface area contributed by atoms with Crippen LogP contribution in [0.15, 0.2) is 53.3 Å². The molecule has 0 saturated heterocycles. The van der Waals surface area contributed by atoms with Gasteiger partial charge in [-0.2, -0.15) is 5.21 Å². The Morgan fingerprint density at radius 3 is 2.60 bits per heavy atom. The molecule has 0 atom stereocenters. The number of rotatable bonds is 7. The van der Waals surface area contributed by atoms with E-state index in [1.807, 2.05) is 31.2 Å². The van der Waals surface area contributed by atoms with Crippen LogP contribution in [0.1, 0.15) is 42.4 Å². The smallest absolute Gasteiger partial charge is 0.254 e. The molecule has 0 unspecified atom stereocenters. The summed E-state index contributed by atoms with van der Waals surface area (Å²) in [5.74, 6) is 1.18. The first-order valence-electron chi connectivity index (χ1n) is 10.2. The third-order valence-electron chi connectivity index (χ3n) is 5.12. The van der Waals surface area contributed by atoms with E-state index in [1.165, 1.54) is 0 Å². The maximum absolute atomic E-state index is 12.7. The van der Waals surface area contributed by atoms with Crippen molar-refractivity contribution in [2.24, 2.45) is 0 Å². The highest BCUT2D eigenvalue weighted by atomic mass is 16.1. The zero-order valence-electron chi connectivity index (χ0n) is 17.1. The number of hydrogen-bond donors (Lipinski definition) is 2. The van der Waals surface area contributed by atoms with Gasteiger partial charge in [-0.25, -0.2) is 4.98 Å². The predicted octanol–water partition coefficient (Wildman–Crippen LogP) is 3.86. The van der Waals surface area contributed by atoms with Gasteiger partial charge in [0.1, 0.15) is 5.82 Å². The number of aryl methyl sites for hydroxylation is 2. The lowest BCUT2D eigenvalue weighted by Gasteiger charge is -2.12. The minimum Gasteiger partial charge on any atom is -0.311 e. The zero-order valence-corrected chi connectivity index (χ0v) is 17.1. The number of aromatic nitrogens is 6. The molecule has 7 nitrogen and oxygen atoms in total. The van der Waals surface area contributed by atoms with Crippen molar-refractivity contribution in [3.63, 3.8) is 0 Å². The van der Waals surface area contributed by atoms with Crippen LogP contribution < -0.4 is 5.56 Å². The zero-order chi connectivity index (χ0) is 20.9. The van der Waals surface area contributed by atoms with Crippen LogP contribution in [0.2, 0.25) is 0 Å². The molecule has 0 fully saturated rings. The summed E-state index contributed by atoms with van der Waals surface area (Å²) >= 11 is 0. The van der Waals surface area contributed by atoms with Crippen LogP contribution in [0.5, 0.6) is 0 Å². The Balaban J connectivity index is 1.77. The lowest BCUT2D eigenvalue weighted by Crippen LogP contribution is -2.19. The number of tetrazole rings is 1. The molecular weight excluding hydrogens is 376 g/mol. The quantitative estimate of drug-likeness (QED) is 0.491. The molecule has 152 valence electrons. The third-order valence-corrected chi connectivity index (χ3v) is 5.12. The van der Waals surface area contributed by atoms with Crippen LogP contribution in [-0.4, -0.2) is 30.6 Å². The molecule has 2 aromatic carbocycles. The van der Waals surface area contributed by atoms with Crippen LogP contribution in [-0.2, 0) is 12.8 Å². The van der Waals surface area contributed by atoms with E-state index in [1.54, 1.807) is 0 Å². The van der Waals surface area contributed by atoms with Crippen molar-refractivity contribution in [1.29, 1.82) is 0 Å². The summed E-state index contributed by atoms with van der Waals surface area (Å²) in [6, 6.07) is 16.2. The molecule has 0 spiro atoms. The Bertz CT molecular complexity index is 1180. The van der Waals surface area contributed by atoms with Gasteiger partial charge >= 0.3 is 0 Å². The van der Waals surface area contributed by atoms with E-state index in [2.05, 4.69) is 61.8 Å². The van der Waals surface area contributed by atoms with Crippen molar-refractivity contribution in [3.05, 3.63) is 81.5 Å². The Kier molecular flexibility index (Phi) is 5.79. The molecule has 2 N–H and O–H groups in total. The van der Waals surface area contributed by atoms with E-state index in [-0.39, 0.29) is 5.56 Å². The van der Waals surface area contributed by atoms with Gasteiger partial charge in [0, 0.05) is 17.5 Å². The van der Waals surface area contributed by atoms with Crippen molar-refractivity contribution < 1.29 is 0 Å². The SMILES string of the molecule is CCCCc1nc(C)[nH]c(=O)c1Cc1ccc(-c2ccccc2)c(-c2nn[nH]n2)c1. The maximum Gasteiger partial charge on any atom is 0.254 e. The summed E-state index contributed by atoms with van der Waals surface area (Å²) in [7, 11) is 0. The monoisotopic (exact) mass is 400 g/mol. The molecule has 2 heterocycles. The minimum atomic E-state index is -0.0677. The number of nitrogens with one attached hydrogen (secondary N) is 2. The van der Waals surface area contributed by atoms with Gasteiger partial charge in [0.25, 0.3) is 5.56 Å². The lowest BCUT2D eigenvalue weighted by molar-refractivity contribution is 0.752. The van der Waals surface area contributed by atoms with Crippen LogP contribution >= 0.6 is 0 Å². The van der Waals surface area contributed by atoms with Crippen molar-refractivity contribution >= 4 is 0 Å². The molecule has 7 heteroatoms. The number of hydrogen-bond acceptors (Lipinski definition) is 5. The molecule has 0 radical (unpaired) electrons. The van der Waals surface area contributed by atoms with Crippen molar-refractivity contribution in [3.8, 4) is 22.5 Å². The molecule has 0 amide bonds. The molecule has 4 rings (SSSR count). The summed E-state index contributed by atoms with van der Waals surface area (Å²) in [5.41, 5.74) is 5.50. The van der Waals surface area contributed by atoms with E-state index < -0.39 is 0 Å². The van der Waals surface area contributed by atoms with Crippen molar-refractivity contribution in [2.45, 2.75) is 39.5 Å². The van der Waals surface area contributed by atoms with Gasteiger partial charge in [-0.05, 0) is 47.7 Å². The number of H-pyrrole nitrogens is 2. The van der Waals surface area contributed by atoms with Crippen LogP contribution in [0.3, 0.4) is 0 Å². The fourth-order valence-corrected chi connectivity index (χ4v) is 3.64. The molecule has 4 aromatic rings. The topological polar surface area (TPSA) is 100 Å². The molecule has 0 aliphatic heterocycles. The van der Waals surface area contributed by atoms with Gasteiger partial charge in [-0.1, -0.05) is 55.8 Å². The minimum absolute atomic E-state index is 0.0677. The fraction of sp³-hybridized carbons (Fsp3) is 0.261. The van der Waals surface area contributed by atoms with Crippen molar-refractivity contribution in [2.75, 3.05) is 0 Å². The average Bonchev–Trinajstić information content (AvgIpc) is 3.30. The van der Waals surface area contributed by atoms with E-state index >= 15 is 0 Å². The molecule has 0 saturated carbocycles. The van der Waals surface area contributed by atoms with E-state index in [9.17, 15) is 4.79 Å². The molecule has 0 bridgehead atoms. The predicted molar refractivity (Wildman–Crippen MR) is 116 cm³/mol. The van der Waals surface area contributed by atoms with Crippen LogP contribution in [0, 0.1) is 6.92 Å². The highest BCUT2D eigenvalue weighted by molar-refractivity contribution is 5.80. The van der Waals surface area contributed by atoms with E-state index in [4.69, 9.17) is 0 Å². The largest absolute Gasteiger partial charge is 0.311 e. The normalized spacial score (nSPS) is 11.0. The first-order valence-corrected chi connectivity index (χ1v) is 10.2. The highest BCUT2D eigenvalue weighted by Crippen LogP contribution is 2.31. The Morgan fingerprint density at radius 1 is 1.03 bits per heavy atom. The summed E-state index contributed by atoms with van der Waals surface area (Å²) in [6.45, 7) is 3.96. The van der Waals surface area contributed by atoms with Gasteiger partial charge in [-0.15, -0.1) is 10.2 Å². The summed E-state index contributed by atoms with van der Waals surface area (Å²) in [5, 5.41) is 14.6. The Hall–Kier alpha value is -3.61. The first kappa shape index (κ1) is 19.7. The molecular formula is C23H24N6O. The second-order valence-electron chi connectivity index (χ2n) is 7.34. The van der Waals surface area contributed by atoms with Gasteiger partial charge < -0.3 is 4.98 Å². The van der Waals surface area contributed by atoms with Gasteiger partial charge in [0.2, 0.25) is 5.82 Å². The molecule has 2 aromatic heterocycles. The average molecular weight is 400 g/mol. The summed E-state index contributed by atoms with van der Waals surface area (Å²) in [6.07, 6.45) is 3.36. The highest BCUT2D eigenvalue weighted by Gasteiger charge is 2.15. The van der Waals surface area contributed by atoms with Gasteiger partial charge in [-0.3, -0.25) is 4.79 Å². The molecule has 30 heavy (non-hydrogen) atoms. The second-order valence-corrected chi connectivity index (χ2v) is 7.34. The molecule has 0 aliphatic rings. The Labute approximate surface area is 174 Å². The summed E-state index contributed by atoms with van der Waals surface area (Å²) in [4.78, 5) is 20.2. The second kappa shape index (κ2) is 8.82. The van der Waals surface area contributed by atoms with Gasteiger partial charge in [0.15, 0.2) is 0 Å². The number of unbranched alkanes of at least 4 members (excludes halogenated alkanes) is 1. The maximum atomic E-state index is 12.7. The lowest BCUT2D eigenvalue weighted by atomic mass is 9.94. The van der Waals surface area contributed by atoms with Crippen LogP contribution in [0.4, 0.5) is 0 Å². The van der Waals surface area contributed by atoms with Crippen LogP contribution in [0.25, 0.3) is 22.5 Å². The summed E-state index contributed by atoms with van der Waals surface area (Å²) < 4.78 is 0. The number of aromatic amines is 2.